The fourth-order valence-corrected chi connectivity index (χ4v) is 2.72. The van der Waals surface area contributed by atoms with E-state index in [9.17, 15) is 0 Å². The van der Waals surface area contributed by atoms with Crippen molar-refractivity contribution in [3.63, 3.8) is 0 Å². The van der Waals surface area contributed by atoms with Crippen LogP contribution in [0.1, 0.15) is 0 Å². The Morgan fingerprint density at radius 2 is 1.38 bits per heavy atom. The SMILES string of the molecule is c1ccc(-c2cccc3ccccc23)c(-c2ncco2)c1. The minimum Gasteiger partial charge on any atom is -0.445 e. The van der Waals surface area contributed by atoms with Crippen LogP contribution < -0.4 is 0 Å². The van der Waals surface area contributed by atoms with Gasteiger partial charge in [0, 0.05) is 5.56 Å². The summed E-state index contributed by atoms with van der Waals surface area (Å²) < 4.78 is 5.48. The molecule has 0 aliphatic rings. The van der Waals surface area contributed by atoms with Crippen LogP contribution in [0.5, 0.6) is 0 Å². The number of nitrogens with zero attached hydrogens (tertiary/aromatic N) is 1. The van der Waals surface area contributed by atoms with Crippen molar-refractivity contribution in [2.24, 2.45) is 0 Å². The number of fused-ring (bicyclic) bond motifs is 1. The summed E-state index contributed by atoms with van der Waals surface area (Å²) in [5.74, 6) is 0.651. The number of hydrogen-bond acceptors (Lipinski definition) is 2. The van der Waals surface area contributed by atoms with Crippen LogP contribution in [-0.4, -0.2) is 4.98 Å². The third-order valence-corrected chi connectivity index (χ3v) is 3.67. The Labute approximate surface area is 122 Å². The van der Waals surface area contributed by atoms with E-state index < -0.39 is 0 Å². The molecule has 1 heterocycles. The molecule has 0 aliphatic carbocycles. The highest BCUT2D eigenvalue weighted by Crippen LogP contribution is 2.35. The van der Waals surface area contributed by atoms with Crippen LogP contribution in [-0.2, 0) is 0 Å². The highest BCUT2D eigenvalue weighted by molar-refractivity contribution is 5.99. The molecule has 0 fully saturated rings. The molecule has 0 atom stereocenters. The summed E-state index contributed by atoms with van der Waals surface area (Å²) in [6.45, 7) is 0. The molecule has 0 amide bonds. The van der Waals surface area contributed by atoms with Crippen LogP contribution >= 0.6 is 0 Å². The molecule has 4 aromatic rings. The Bertz CT molecular complexity index is 889. The maximum atomic E-state index is 5.48. The predicted molar refractivity (Wildman–Crippen MR) is 84.9 cm³/mol. The first-order valence-corrected chi connectivity index (χ1v) is 6.90. The molecule has 0 saturated carbocycles. The topological polar surface area (TPSA) is 26.0 Å². The summed E-state index contributed by atoms with van der Waals surface area (Å²) in [7, 11) is 0. The summed E-state index contributed by atoms with van der Waals surface area (Å²) in [6.07, 6.45) is 3.28. The zero-order valence-electron chi connectivity index (χ0n) is 11.4. The van der Waals surface area contributed by atoms with E-state index in [1.807, 2.05) is 18.2 Å². The zero-order chi connectivity index (χ0) is 14.1. The van der Waals surface area contributed by atoms with Crippen LogP contribution in [0.15, 0.2) is 83.6 Å². The van der Waals surface area contributed by atoms with E-state index in [-0.39, 0.29) is 0 Å². The van der Waals surface area contributed by atoms with Crippen molar-refractivity contribution < 1.29 is 4.42 Å². The van der Waals surface area contributed by atoms with Gasteiger partial charge in [0.15, 0.2) is 0 Å². The van der Waals surface area contributed by atoms with Crippen LogP contribution in [0.2, 0.25) is 0 Å². The molecule has 0 bridgehead atoms. The predicted octanol–water partition coefficient (Wildman–Crippen LogP) is 5.16. The van der Waals surface area contributed by atoms with Gasteiger partial charge in [-0.3, -0.25) is 0 Å². The first kappa shape index (κ1) is 11.9. The summed E-state index contributed by atoms with van der Waals surface area (Å²) in [5, 5.41) is 2.47. The Kier molecular flexibility index (Phi) is 2.79. The van der Waals surface area contributed by atoms with Gasteiger partial charge in [-0.05, 0) is 28.0 Å². The van der Waals surface area contributed by atoms with E-state index in [0.29, 0.717) is 5.89 Å². The Morgan fingerprint density at radius 3 is 2.24 bits per heavy atom. The van der Waals surface area contributed by atoms with E-state index >= 15 is 0 Å². The van der Waals surface area contributed by atoms with Crippen molar-refractivity contribution in [1.82, 2.24) is 4.98 Å². The maximum absolute atomic E-state index is 5.48. The summed E-state index contributed by atoms with van der Waals surface area (Å²) in [6, 6.07) is 23.0. The lowest BCUT2D eigenvalue weighted by Crippen LogP contribution is -1.86. The lowest BCUT2D eigenvalue weighted by Gasteiger charge is -2.10. The van der Waals surface area contributed by atoms with Crippen molar-refractivity contribution in [3.05, 3.63) is 79.2 Å². The molecular formula is C19H13NO. The van der Waals surface area contributed by atoms with Gasteiger partial charge in [-0.1, -0.05) is 60.7 Å². The molecular weight excluding hydrogens is 258 g/mol. The van der Waals surface area contributed by atoms with Gasteiger partial charge in [-0.25, -0.2) is 4.98 Å². The zero-order valence-corrected chi connectivity index (χ0v) is 11.4. The molecule has 0 unspecified atom stereocenters. The molecule has 0 spiro atoms. The van der Waals surface area contributed by atoms with E-state index in [0.717, 1.165) is 11.1 Å². The Balaban J connectivity index is 2.02. The molecule has 0 radical (unpaired) electrons. The van der Waals surface area contributed by atoms with Crippen molar-refractivity contribution >= 4 is 10.8 Å². The molecule has 2 nitrogen and oxygen atoms in total. The Morgan fingerprint density at radius 1 is 0.667 bits per heavy atom. The fourth-order valence-electron chi connectivity index (χ4n) is 2.72. The van der Waals surface area contributed by atoms with Crippen LogP contribution in [0, 0.1) is 0 Å². The average molecular weight is 271 g/mol. The Hall–Kier alpha value is -2.87. The monoisotopic (exact) mass is 271 g/mol. The van der Waals surface area contributed by atoms with E-state index in [2.05, 4.69) is 53.5 Å². The first-order valence-electron chi connectivity index (χ1n) is 6.90. The molecule has 2 heteroatoms. The number of hydrogen-bond donors (Lipinski definition) is 0. The smallest absolute Gasteiger partial charge is 0.226 e. The third-order valence-electron chi connectivity index (χ3n) is 3.67. The number of oxazole rings is 1. The molecule has 21 heavy (non-hydrogen) atoms. The van der Waals surface area contributed by atoms with Gasteiger partial charge < -0.3 is 4.42 Å². The highest BCUT2D eigenvalue weighted by atomic mass is 16.3. The van der Waals surface area contributed by atoms with Crippen molar-refractivity contribution in [1.29, 1.82) is 0 Å². The van der Waals surface area contributed by atoms with Crippen LogP contribution in [0.25, 0.3) is 33.4 Å². The quantitative estimate of drug-likeness (QED) is 0.503. The number of rotatable bonds is 2. The molecule has 0 N–H and O–H groups in total. The third kappa shape index (κ3) is 2.01. The van der Waals surface area contributed by atoms with E-state index in [1.165, 1.54) is 16.3 Å². The van der Waals surface area contributed by atoms with Crippen LogP contribution in [0.4, 0.5) is 0 Å². The molecule has 1 aromatic heterocycles. The van der Waals surface area contributed by atoms with Gasteiger partial charge in [0.2, 0.25) is 5.89 Å². The van der Waals surface area contributed by atoms with Crippen molar-refractivity contribution in [3.8, 4) is 22.6 Å². The molecule has 4 rings (SSSR count). The van der Waals surface area contributed by atoms with Gasteiger partial charge >= 0.3 is 0 Å². The summed E-state index contributed by atoms with van der Waals surface area (Å²) >= 11 is 0. The van der Waals surface area contributed by atoms with E-state index in [4.69, 9.17) is 4.42 Å². The summed E-state index contributed by atoms with van der Waals surface area (Å²) in [4.78, 5) is 4.29. The lowest BCUT2D eigenvalue weighted by molar-refractivity contribution is 0.575. The normalized spacial score (nSPS) is 10.9. The second-order valence-corrected chi connectivity index (χ2v) is 4.91. The molecule has 100 valence electrons. The molecule has 0 aliphatic heterocycles. The first-order chi connectivity index (χ1) is 10.4. The van der Waals surface area contributed by atoms with E-state index in [1.54, 1.807) is 12.5 Å². The second kappa shape index (κ2) is 4.91. The van der Waals surface area contributed by atoms with Gasteiger partial charge in [-0.2, -0.15) is 0 Å². The second-order valence-electron chi connectivity index (χ2n) is 4.91. The average Bonchev–Trinajstić information content (AvgIpc) is 3.09. The minimum absolute atomic E-state index is 0.651. The van der Waals surface area contributed by atoms with Crippen molar-refractivity contribution in [2.45, 2.75) is 0 Å². The number of aromatic nitrogens is 1. The standard InChI is InChI=1S/C19H13NO/c1-2-8-15-14(6-1)7-5-11-16(15)17-9-3-4-10-18(17)19-20-12-13-21-19/h1-13H. The largest absolute Gasteiger partial charge is 0.445 e. The lowest BCUT2D eigenvalue weighted by atomic mass is 9.94. The van der Waals surface area contributed by atoms with Gasteiger partial charge in [0.05, 0.1) is 6.20 Å². The number of benzene rings is 3. The minimum atomic E-state index is 0.651. The molecule has 0 saturated heterocycles. The van der Waals surface area contributed by atoms with Gasteiger partial charge in [-0.15, -0.1) is 0 Å². The van der Waals surface area contributed by atoms with Gasteiger partial charge in [0.1, 0.15) is 6.26 Å². The maximum Gasteiger partial charge on any atom is 0.226 e. The van der Waals surface area contributed by atoms with Gasteiger partial charge in [0.25, 0.3) is 0 Å². The molecule has 3 aromatic carbocycles. The fraction of sp³-hybridized carbons (Fsp3) is 0. The van der Waals surface area contributed by atoms with Crippen molar-refractivity contribution in [2.75, 3.05) is 0 Å². The highest BCUT2D eigenvalue weighted by Gasteiger charge is 2.12. The van der Waals surface area contributed by atoms with Crippen LogP contribution in [0.3, 0.4) is 0 Å². The summed E-state index contributed by atoms with van der Waals surface area (Å²) in [5.41, 5.74) is 3.34.